The number of ether oxygens (including phenoxy) is 2. The molecule has 1 N–H and O–H groups in total. The van der Waals surface area contributed by atoms with Crippen molar-refractivity contribution in [2.45, 2.75) is 32.1 Å². The molecule has 0 aliphatic carbocycles. The van der Waals surface area contributed by atoms with Crippen LogP contribution in [0.4, 0.5) is 4.39 Å². The fourth-order valence-electron chi connectivity index (χ4n) is 2.27. The smallest absolute Gasteiger partial charge is 0.123 e. The lowest BCUT2D eigenvalue weighted by atomic mass is 10.2. The van der Waals surface area contributed by atoms with Crippen LogP contribution >= 0.6 is 0 Å². The Labute approximate surface area is 119 Å². The van der Waals surface area contributed by atoms with E-state index < -0.39 is 6.10 Å². The molecule has 1 aliphatic rings. The van der Waals surface area contributed by atoms with Crippen molar-refractivity contribution >= 4 is 0 Å². The predicted octanol–water partition coefficient (Wildman–Crippen LogP) is 1.67. The first-order chi connectivity index (χ1) is 9.54. The van der Waals surface area contributed by atoms with E-state index in [0.29, 0.717) is 24.9 Å². The second kappa shape index (κ2) is 7.02. The van der Waals surface area contributed by atoms with Crippen molar-refractivity contribution in [1.82, 2.24) is 4.90 Å². The summed E-state index contributed by atoms with van der Waals surface area (Å²) in [7, 11) is 0. The van der Waals surface area contributed by atoms with Crippen LogP contribution in [-0.2, 0) is 4.74 Å². The van der Waals surface area contributed by atoms with Gasteiger partial charge < -0.3 is 14.6 Å². The minimum atomic E-state index is -0.576. The van der Waals surface area contributed by atoms with Crippen LogP contribution in [0.15, 0.2) is 24.3 Å². The molecule has 0 amide bonds. The molecule has 0 radical (unpaired) electrons. The molecular weight excluding hydrogens is 261 g/mol. The maximum Gasteiger partial charge on any atom is 0.123 e. The Morgan fingerprint density at radius 2 is 2.10 bits per heavy atom. The molecule has 5 heteroatoms. The summed E-state index contributed by atoms with van der Waals surface area (Å²) in [6.45, 7) is 6.36. The second-order valence-electron chi connectivity index (χ2n) is 5.37. The molecular formula is C15H22FNO3. The number of benzene rings is 1. The summed E-state index contributed by atoms with van der Waals surface area (Å²) in [5, 5.41) is 10.0. The summed E-state index contributed by atoms with van der Waals surface area (Å²) in [4.78, 5) is 2.20. The Morgan fingerprint density at radius 3 is 2.80 bits per heavy atom. The molecule has 20 heavy (non-hydrogen) atoms. The van der Waals surface area contributed by atoms with E-state index in [9.17, 15) is 9.50 Å². The third kappa shape index (κ3) is 4.44. The van der Waals surface area contributed by atoms with Crippen LogP contribution in [0.5, 0.6) is 5.75 Å². The van der Waals surface area contributed by atoms with Gasteiger partial charge in [0.05, 0.1) is 12.7 Å². The van der Waals surface area contributed by atoms with Gasteiger partial charge >= 0.3 is 0 Å². The Kier molecular flexibility index (Phi) is 5.34. The van der Waals surface area contributed by atoms with Crippen LogP contribution in [0.1, 0.15) is 13.8 Å². The van der Waals surface area contributed by atoms with Crippen molar-refractivity contribution in [3.63, 3.8) is 0 Å². The summed E-state index contributed by atoms with van der Waals surface area (Å²) >= 11 is 0. The highest BCUT2D eigenvalue weighted by molar-refractivity contribution is 5.22. The molecule has 1 aromatic rings. The van der Waals surface area contributed by atoms with Gasteiger partial charge in [0.25, 0.3) is 0 Å². The summed E-state index contributed by atoms with van der Waals surface area (Å²) in [5.74, 6) is 0.267. The van der Waals surface area contributed by atoms with Crippen molar-refractivity contribution < 1.29 is 19.0 Å². The molecule has 112 valence electrons. The normalized spacial score (nSPS) is 25.4. The SMILES string of the molecule is C[C@@H]1CN(C[C@@H](O)COc2ccc(F)cc2)[C@H](C)CO1. The third-order valence-corrected chi connectivity index (χ3v) is 3.44. The van der Waals surface area contributed by atoms with Crippen LogP contribution in [0, 0.1) is 5.82 Å². The van der Waals surface area contributed by atoms with Crippen molar-refractivity contribution in [3.8, 4) is 5.75 Å². The van der Waals surface area contributed by atoms with E-state index in [1.165, 1.54) is 12.1 Å². The molecule has 2 rings (SSSR count). The van der Waals surface area contributed by atoms with E-state index in [1.807, 2.05) is 6.92 Å². The molecule has 0 saturated carbocycles. The van der Waals surface area contributed by atoms with Gasteiger partial charge in [-0.3, -0.25) is 4.90 Å². The Balaban J connectivity index is 1.77. The van der Waals surface area contributed by atoms with Gasteiger partial charge in [0.15, 0.2) is 0 Å². The fourth-order valence-corrected chi connectivity index (χ4v) is 2.27. The molecule has 1 aliphatic heterocycles. The van der Waals surface area contributed by atoms with E-state index >= 15 is 0 Å². The number of β-amino-alcohol motifs (C(OH)–C–C–N with tert-alkyl or cyclic N) is 1. The van der Waals surface area contributed by atoms with Crippen LogP contribution in [0.3, 0.4) is 0 Å². The van der Waals surface area contributed by atoms with Crippen LogP contribution in [0.25, 0.3) is 0 Å². The molecule has 0 unspecified atom stereocenters. The minimum absolute atomic E-state index is 0.191. The van der Waals surface area contributed by atoms with Gasteiger partial charge in [0.1, 0.15) is 24.3 Å². The average molecular weight is 283 g/mol. The number of aliphatic hydroxyl groups is 1. The van der Waals surface area contributed by atoms with E-state index in [2.05, 4.69) is 11.8 Å². The van der Waals surface area contributed by atoms with Gasteiger partial charge in [-0.1, -0.05) is 0 Å². The zero-order valence-electron chi connectivity index (χ0n) is 12.0. The largest absolute Gasteiger partial charge is 0.491 e. The Morgan fingerprint density at radius 1 is 1.40 bits per heavy atom. The molecule has 0 spiro atoms. The molecule has 1 saturated heterocycles. The number of aliphatic hydroxyl groups excluding tert-OH is 1. The number of hydrogen-bond donors (Lipinski definition) is 1. The molecule has 1 aromatic carbocycles. The van der Waals surface area contributed by atoms with Crippen LogP contribution < -0.4 is 4.74 Å². The first-order valence-electron chi connectivity index (χ1n) is 6.96. The fraction of sp³-hybridized carbons (Fsp3) is 0.600. The number of nitrogens with zero attached hydrogens (tertiary/aromatic N) is 1. The summed E-state index contributed by atoms with van der Waals surface area (Å²) in [6.07, 6.45) is -0.385. The lowest BCUT2D eigenvalue weighted by Crippen LogP contribution is -2.50. The van der Waals surface area contributed by atoms with Gasteiger partial charge in [-0.15, -0.1) is 0 Å². The highest BCUT2D eigenvalue weighted by Crippen LogP contribution is 2.14. The number of hydrogen-bond acceptors (Lipinski definition) is 4. The van der Waals surface area contributed by atoms with Crippen LogP contribution in [0.2, 0.25) is 0 Å². The molecule has 0 aromatic heterocycles. The highest BCUT2D eigenvalue weighted by atomic mass is 19.1. The quantitative estimate of drug-likeness (QED) is 0.892. The zero-order valence-corrected chi connectivity index (χ0v) is 12.0. The number of halogens is 1. The van der Waals surface area contributed by atoms with Gasteiger partial charge in [-0.05, 0) is 38.1 Å². The zero-order chi connectivity index (χ0) is 14.5. The minimum Gasteiger partial charge on any atom is -0.491 e. The van der Waals surface area contributed by atoms with Crippen molar-refractivity contribution in [2.75, 3.05) is 26.3 Å². The standard InChI is InChI=1S/C15H22FNO3/c1-11-9-19-12(2)7-17(11)8-14(18)10-20-15-5-3-13(16)4-6-15/h3-6,11-12,14,18H,7-10H2,1-2H3/t11-,12-,14-/m1/s1. The lowest BCUT2D eigenvalue weighted by molar-refractivity contribution is -0.0650. The van der Waals surface area contributed by atoms with Crippen molar-refractivity contribution in [3.05, 3.63) is 30.1 Å². The van der Waals surface area contributed by atoms with E-state index in [4.69, 9.17) is 9.47 Å². The summed E-state index contributed by atoms with van der Waals surface area (Å²) in [5.41, 5.74) is 0. The van der Waals surface area contributed by atoms with Crippen molar-refractivity contribution in [1.29, 1.82) is 0 Å². The Bertz CT molecular complexity index is 412. The third-order valence-electron chi connectivity index (χ3n) is 3.44. The molecule has 3 atom stereocenters. The topological polar surface area (TPSA) is 41.9 Å². The van der Waals surface area contributed by atoms with E-state index in [-0.39, 0.29) is 18.5 Å². The first-order valence-corrected chi connectivity index (χ1v) is 6.96. The maximum absolute atomic E-state index is 12.8. The second-order valence-corrected chi connectivity index (χ2v) is 5.37. The van der Waals surface area contributed by atoms with Gasteiger partial charge in [0, 0.05) is 19.1 Å². The molecule has 0 bridgehead atoms. The van der Waals surface area contributed by atoms with Crippen molar-refractivity contribution in [2.24, 2.45) is 0 Å². The number of rotatable bonds is 5. The monoisotopic (exact) mass is 283 g/mol. The molecule has 1 fully saturated rings. The average Bonchev–Trinajstić information content (AvgIpc) is 2.42. The van der Waals surface area contributed by atoms with E-state index in [1.54, 1.807) is 12.1 Å². The van der Waals surface area contributed by atoms with E-state index in [0.717, 1.165) is 6.54 Å². The number of morpholine rings is 1. The molecule has 1 heterocycles. The first kappa shape index (κ1) is 15.2. The van der Waals surface area contributed by atoms with Crippen LogP contribution in [-0.4, -0.2) is 54.6 Å². The highest BCUT2D eigenvalue weighted by Gasteiger charge is 2.25. The Hall–Kier alpha value is -1.17. The summed E-state index contributed by atoms with van der Waals surface area (Å²) < 4.78 is 23.8. The van der Waals surface area contributed by atoms with Gasteiger partial charge in [0.2, 0.25) is 0 Å². The van der Waals surface area contributed by atoms with Gasteiger partial charge in [-0.25, -0.2) is 4.39 Å². The lowest BCUT2D eigenvalue weighted by Gasteiger charge is -2.37. The maximum atomic E-state index is 12.8. The predicted molar refractivity (Wildman–Crippen MR) is 74.4 cm³/mol. The van der Waals surface area contributed by atoms with Gasteiger partial charge in [-0.2, -0.15) is 0 Å². The molecule has 4 nitrogen and oxygen atoms in total. The summed E-state index contributed by atoms with van der Waals surface area (Å²) in [6, 6.07) is 6.09.